The van der Waals surface area contributed by atoms with Gasteiger partial charge in [-0.25, -0.2) is 9.67 Å². The molecule has 0 radical (unpaired) electrons. The summed E-state index contributed by atoms with van der Waals surface area (Å²) in [6.07, 6.45) is 0. The normalized spacial score (nSPS) is 11.2. The lowest BCUT2D eigenvalue weighted by molar-refractivity contribution is 0.0944. The van der Waals surface area contributed by atoms with E-state index < -0.39 is 0 Å². The van der Waals surface area contributed by atoms with E-state index in [0.717, 1.165) is 34.1 Å². The monoisotopic (exact) mass is 368 g/mol. The van der Waals surface area contributed by atoms with Crippen LogP contribution in [0.5, 0.6) is 0 Å². The van der Waals surface area contributed by atoms with E-state index in [4.69, 9.17) is 0 Å². The van der Waals surface area contributed by atoms with Crippen molar-refractivity contribution >= 4 is 28.7 Å². The second-order valence-electron chi connectivity index (χ2n) is 5.86. The minimum absolute atomic E-state index is 0.287. The molecule has 0 aliphatic heterocycles. The van der Waals surface area contributed by atoms with Crippen LogP contribution in [0, 0.1) is 13.8 Å². The number of hydrogen-bond acceptors (Lipinski definition) is 7. The number of rotatable bonds is 5. The average Bonchev–Trinajstić information content (AvgIpc) is 3.33. The standard InChI is InChI=1S/C16H16N8OS/c1-9-13(22-26-21-9)8-24-10(2)15(20-23-24)16(25)17-7-14-18-11-5-3-4-6-12(11)19-14/h3-6H,7-8H2,1-2H3,(H,17,25)(H,18,19). The summed E-state index contributed by atoms with van der Waals surface area (Å²) in [5.74, 6) is 0.399. The molecule has 0 unspecified atom stereocenters. The molecule has 0 aliphatic rings. The number of aromatic nitrogens is 7. The quantitative estimate of drug-likeness (QED) is 0.553. The molecule has 0 aliphatic carbocycles. The number of benzene rings is 1. The highest BCUT2D eigenvalue weighted by atomic mass is 32.1. The highest BCUT2D eigenvalue weighted by Crippen LogP contribution is 2.12. The molecular formula is C16H16N8OS. The van der Waals surface area contributed by atoms with E-state index in [1.165, 1.54) is 0 Å². The highest BCUT2D eigenvalue weighted by Gasteiger charge is 2.18. The molecule has 0 spiro atoms. The lowest BCUT2D eigenvalue weighted by atomic mass is 10.3. The largest absolute Gasteiger partial charge is 0.343 e. The number of carbonyl (C=O) groups is 1. The summed E-state index contributed by atoms with van der Waals surface area (Å²) in [5, 5.41) is 10.9. The third-order valence-electron chi connectivity index (χ3n) is 4.10. The molecule has 3 aromatic heterocycles. The Kier molecular flexibility index (Phi) is 4.17. The third-order valence-corrected chi connectivity index (χ3v) is 4.76. The van der Waals surface area contributed by atoms with Crippen LogP contribution in [-0.2, 0) is 13.1 Å². The lowest BCUT2D eigenvalue weighted by Crippen LogP contribution is -2.24. The number of nitrogens with one attached hydrogen (secondary N) is 2. The number of aryl methyl sites for hydroxylation is 1. The second kappa shape index (κ2) is 6.64. The van der Waals surface area contributed by atoms with Crippen LogP contribution in [0.3, 0.4) is 0 Å². The summed E-state index contributed by atoms with van der Waals surface area (Å²) in [4.78, 5) is 20.1. The van der Waals surface area contributed by atoms with Crippen LogP contribution in [0.4, 0.5) is 0 Å². The van der Waals surface area contributed by atoms with Gasteiger partial charge in [-0.2, -0.15) is 8.75 Å². The summed E-state index contributed by atoms with van der Waals surface area (Å²) in [7, 11) is 0. The molecule has 0 bridgehead atoms. The van der Waals surface area contributed by atoms with Gasteiger partial charge < -0.3 is 10.3 Å². The average molecular weight is 368 g/mol. The van der Waals surface area contributed by atoms with E-state index in [1.54, 1.807) is 4.68 Å². The van der Waals surface area contributed by atoms with Crippen LogP contribution in [0.2, 0.25) is 0 Å². The van der Waals surface area contributed by atoms with Crippen molar-refractivity contribution in [1.29, 1.82) is 0 Å². The number of para-hydroxylation sites is 2. The number of fused-ring (bicyclic) bond motifs is 1. The fraction of sp³-hybridized carbons (Fsp3) is 0.250. The van der Waals surface area contributed by atoms with Crippen LogP contribution in [-0.4, -0.2) is 39.6 Å². The first-order valence-electron chi connectivity index (χ1n) is 8.02. The smallest absolute Gasteiger partial charge is 0.274 e. The Balaban J connectivity index is 1.45. The van der Waals surface area contributed by atoms with Gasteiger partial charge in [0, 0.05) is 0 Å². The van der Waals surface area contributed by atoms with Crippen molar-refractivity contribution in [3.63, 3.8) is 0 Å². The van der Waals surface area contributed by atoms with Crippen molar-refractivity contribution in [3.05, 3.63) is 52.9 Å². The summed E-state index contributed by atoms with van der Waals surface area (Å²) >= 11 is 1.16. The first kappa shape index (κ1) is 16.3. The Morgan fingerprint density at radius 2 is 2.12 bits per heavy atom. The van der Waals surface area contributed by atoms with Gasteiger partial charge >= 0.3 is 0 Å². The first-order valence-corrected chi connectivity index (χ1v) is 8.75. The zero-order valence-electron chi connectivity index (χ0n) is 14.2. The Labute approximate surface area is 152 Å². The summed E-state index contributed by atoms with van der Waals surface area (Å²) in [6, 6.07) is 7.72. The minimum Gasteiger partial charge on any atom is -0.343 e. The molecule has 0 atom stereocenters. The van der Waals surface area contributed by atoms with Crippen LogP contribution in [0.25, 0.3) is 11.0 Å². The van der Waals surface area contributed by atoms with Gasteiger partial charge in [0.1, 0.15) is 5.82 Å². The fourth-order valence-electron chi connectivity index (χ4n) is 2.59. The molecule has 9 nitrogen and oxygen atoms in total. The predicted octanol–water partition coefficient (Wildman–Crippen LogP) is 1.60. The van der Waals surface area contributed by atoms with Gasteiger partial charge in [0.05, 0.1) is 52.9 Å². The van der Waals surface area contributed by atoms with Crippen molar-refractivity contribution in [2.75, 3.05) is 0 Å². The van der Waals surface area contributed by atoms with Crippen molar-refractivity contribution in [1.82, 2.24) is 39.0 Å². The Hall–Kier alpha value is -3.14. The van der Waals surface area contributed by atoms with E-state index in [9.17, 15) is 4.79 Å². The molecule has 0 saturated carbocycles. The number of aromatic amines is 1. The van der Waals surface area contributed by atoms with E-state index in [1.807, 2.05) is 38.1 Å². The van der Waals surface area contributed by atoms with E-state index in [2.05, 4.69) is 34.3 Å². The predicted molar refractivity (Wildman–Crippen MR) is 95.8 cm³/mol. The van der Waals surface area contributed by atoms with Crippen molar-refractivity contribution in [2.45, 2.75) is 26.9 Å². The van der Waals surface area contributed by atoms with Gasteiger partial charge in [0.25, 0.3) is 5.91 Å². The number of H-pyrrole nitrogens is 1. The zero-order valence-corrected chi connectivity index (χ0v) is 15.0. The Bertz CT molecular complexity index is 1050. The number of carbonyl (C=O) groups excluding carboxylic acids is 1. The molecule has 3 heterocycles. The topological polar surface area (TPSA) is 114 Å². The summed E-state index contributed by atoms with van der Waals surface area (Å²) in [5.41, 5.74) is 4.47. The third kappa shape index (κ3) is 3.06. The van der Waals surface area contributed by atoms with Gasteiger partial charge in [0.2, 0.25) is 0 Å². The van der Waals surface area contributed by atoms with Crippen molar-refractivity contribution < 1.29 is 4.79 Å². The molecule has 4 rings (SSSR count). The van der Waals surface area contributed by atoms with Crippen LogP contribution in [0.1, 0.15) is 33.4 Å². The highest BCUT2D eigenvalue weighted by molar-refractivity contribution is 6.99. The molecule has 26 heavy (non-hydrogen) atoms. The molecule has 132 valence electrons. The molecule has 1 aromatic carbocycles. The Morgan fingerprint density at radius 1 is 1.27 bits per heavy atom. The molecule has 0 saturated heterocycles. The summed E-state index contributed by atoms with van der Waals surface area (Å²) < 4.78 is 10.0. The molecule has 10 heteroatoms. The maximum absolute atomic E-state index is 12.4. The van der Waals surface area contributed by atoms with Crippen molar-refractivity contribution in [3.8, 4) is 0 Å². The zero-order chi connectivity index (χ0) is 18.1. The SMILES string of the molecule is Cc1nsnc1Cn1nnc(C(=O)NCc2nc3ccccc3[nH]2)c1C. The molecule has 2 N–H and O–H groups in total. The molecule has 4 aromatic rings. The van der Waals surface area contributed by atoms with Gasteiger partial charge in [-0.3, -0.25) is 4.79 Å². The number of amides is 1. The van der Waals surface area contributed by atoms with Crippen LogP contribution < -0.4 is 5.32 Å². The number of nitrogens with zero attached hydrogens (tertiary/aromatic N) is 6. The van der Waals surface area contributed by atoms with E-state index in [-0.39, 0.29) is 12.5 Å². The van der Waals surface area contributed by atoms with Gasteiger partial charge in [-0.05, 0) is 26.0 Å². The second-order valence-corrected chi connectivity index (χ2v) is 6.39. The maximum Gasteiger partial charge on any atom is 0.274 e. The Morgan fingerprint density at radius 3 is 2.88 bits per heavy atom. The van der Waals surface area contributed by atoms with Gasteiger partial charge in [-0.1, -0.05) is 17.3 Å². The van der Waals surface area contributed by atoms with E-state index >= 15 is 0 Å². The minimum atomic E-state index is -0.290. The van der Waals surface area contributed by atoms with Crippen LogP contribution in [0.15, 0.2) is 24.3 Å². The van der Waals surface area contributed by atoms with Crippen LogP contribution >= 0.6 is 11.7 Å². The lowest BCUT2D eigenvalue weighted by Gasteiger charge is -2.03. The number of imidazole rings is 1. The summed E-state index contributed by atoms with van der Waals surface area (Å²) in [6.45, 7) is 4.43. The number of hydrogen-bond donors (Lipinski definition) is 2. The van der Waals surface area contributed by atoms with Gasteiger partial charge in [0.15, 0.2) is 5.69 Å². The fourth-order valence-corrected chi connectivity index (χ4v) is 3.15. The first-order chi connectivity index (χ1) is 12.6. The molecular weight excluding hydrogens is 352 g/mol. The molecule has 0 fully saturated rings. The van der Waals surface area contributed by atoms with Crippen molar-refractivity contribution in [2.24, 2.45) is 0 Å². The molecule has 1 amide bonds. The maximum atomic E-state index is 12.4. The van der Waals surface area contributed by atoms with E-state index in [0.29, 0.717) is 23.8 Å². The van der Waals surface area contributed by atoms with Gasteiger partial charge in [-0.15, -0.1) is 5.10 Å².